The number of carboxylic acids is 1. The monoisotopic (exact) mass is 244 g/mol. The van der Waals surface area contributed by atoms with E-state index in [4.69, 9.17) is 5.11 Å². The van der Waals surface area contributed by atoms with Gasteiger partial charge in [0.2, 0.25) is 0 Å². The van der Waals surface area contributed by atoms with Crippen LogP contribution in [0.2, 0.25) is 0 Å². The Balaban J connectivity index is 2.56. The number of rotatable bonds is 5. The molecule has 2 N–H and O–H groups in total. The number of aryl methyl sites for hydroxylation is 1. The number of carbonyl (C=O) groups is 2. The summed E-state index contributed by atoms with van der Waals surface area (Å²) in [5.74, 6) is -3.04. The fraction of sp³-hybridized carbons (Fsp3) is 0.556. The van der Waals surface area contributed by atoms with Crippen LogP contribution in [0.25, 0.3) is 0 Å². The number of amides is 1. The van der Waals surface area contributed by atoms with Crippen molar-refractivity contribution in [3.8, 4) is 0 Å². The lowest BCUT2D eigenvalue weighted by Gasteiger charge is -2.13. The van der Waals surface area contributed by atoms with Crippen molar-refractivity contribution in [1.29, 1.82) is 0 Å². The van der Waals surface area contributed by atoms with Gasteiger partial charge in [-0.15, -0.1) is 0 Å². The smallest absolute Gasteiger partial charge is 0.351 e. The molecule has 0 aromatic carbocycles. The first-order valence-corrected chi connectivity index (χ1v) is 4.97. The first kappa shape index (κ1) is 13.1. The lowest BCUT2D eigenvalue weighted by Crippen LogP contribution is -2.46. The summed E-state index contributed by atoms with van der Waals surface area (Å²) in [6.07, 6.45) is 1.42. The number of nitrogens with one attached hydrogen (secondary N) is 1. The number of halogens is 1. The van der Waals surface area contributed by atoms with Crippen LogP contribution in [0, 0.1) is 0 Å². The van der Waals surface area contributed by atoms with Crippen LogP contribution in [-0.4, -0.2) is 37.6 Å². The van der Waals surface area contributed by atoms with Crippen LogP contribution in [-0.2, 0) is 22.7 Å². The molecule has 1 heterocycles. The maximum absolute atomic E-state index is 13.3. The van der Waals surface area contributed by atoms with Gasteiger partial charge in [-0.3, -0.25) is 4.79 Å². The molecule has 1 aromatic rings. The number of nitrogens with zero attached hydrogens (tertiary/aromatic N) is 3. The molecule has 8 heteroatoms. The fourth-order valence-corrected chi connectivity index (χ4v) is 1.00. The number of hydrogen-bond donors (Lipinski definition) is 2. The third kappa shape index (κ3) is 2.99. The highest BCUT2D eigenvalue weighted by atomic mass is 19.1. The summed E-state index contributed by atoms with van der Waals surface area (Å²) >= 11 is 0. The van der Waals surface area contributed by atoms with Crippen molar-refractivity contribution in [3.63, 3.8) is 0 Å². The topological polar surface area (TPSA) is 97.1 Å². The standard InChI is InChI=1S/C9H13FN4O3/c1-3-14-12-5-6(13-14)4-11-7(15)9(2,10)8(16)17/h5H,3-4H2,1-2H3,(H,11,15)(H,16,17). The van der Waals surface area contributed by atoms with Crippen molar-refractivity contribution in [3.05, 3.63) is 11.9 Å². The molecule has 94 valence electrons. The van der Waals surface area contributed by atoms with Gasteiger partial charge in [-0.1, -0.05) is 0 Å². The van der Waals surface area contributed by atoms with E-state index in [0.29, 0.717) is 19.2 Å². The summed E-state index contributed by atoms with van der Waals surface area (Å²) in [6.45, 7) is 3.04. The maximum atomic E-state index is 13.3. The highest BCUT2D eigenvalue weighted by Gasteiger charge is 2.41. The lowest BCUT2D eigenvalue weighted by atomic mass is 10.1. The van der Waals surface area contributed by atoms with E-state index in [0.717, 1.165) is 0 Å². The minimum absolute atomic E-state index is 0.0639. The van der Waals surface area contributed by atoms with Gasteiger partial charge in [0.25, 0.3) is 11.6 Å². The molecule has 0 aliphatic rings. The predicted octanol–water partition coefficient (Wildman–Crippen LogP) is -0.273. The fourth-order valence-electron chi connectivity index (χ4n) is 1.00. The Labute approximate surface area is 96.6 Å². The van der Waals surface area contributed by atoms with Crippen LogP contribution in [0.1, 0.15) is 19.5 Å². The molecule has 0 spiro atoms. The molecule has 1 rings (SSSR count). The Bertz CT molecular complexity index is 430. The van der Waals surface area contributed by atoms with Crippen molar-refractivity contribution in [2.45, 2.75) is 32.6 Å². The van der Waals surface area contributed by atoms with E-state index in [-0.39, 0.29) is 6.54 Å². The predicted molar refractivity (Wildman–Crippen MR) is 54.7 cm³/mol. The van der Waals surface area contributed by atoms with E-state index in [9.17, 15) is 14.0 Å². The van der Waals surface area contributed by atoms with Crippen molar-refractivity contribution < 1.29 is 19.1 Å². The maximum Gasteiger partial charge on any atom is 0.351 e. The van der Waals surface area contributed by atoms with Gasteiger partial charge >= 0.3 is 5.97 Å². The Morgan fingerprint density at radius 2 is 2.29 bits per heavy atom. The van der Waals surface area contributed by atoms with E-state index in [1.807, 2.05) is 6.92 Å². The molecule has 7 nitrogen and oxygen atoms in total. The van der Waals surface area contributed by atoms with E-state index in [1.54, 1.807) is 0 Å². The summed E-state index contributed by atoms with van der Waals surface area (Å²) in [4.78, 5) is 23.1. The average molecular weight is 244 g/mol. The van der Waals surface area contributed by atoms with Gasteiger partial charge in [0.15, 0.2) is 0 Å². The average Bonchev–Trinajstić information content (AvgIpc) is 2.73. The second kappa shape index (κ2) is 4.89. The van der Waals surface area contributed by atoms with Gasteiger partial charge in [0.1, 0.15) is 5.69 Å². The molecule has 17 heavy (non-hydrogen) atoms. The molecule has 0 aliphatic heterocycles. The van der Waals surface area contributed by atoms with Crippen LogP contribution in [0.5, 0.6) is 0 Å². The zero-order valence-corrected chi connectivity index (χ0v) is 9.47. The van der Waals surface area contributed by atoms with Crippen molar-refractivity contribution in [2.24, 2.45) is 0 Å². The lowest BCUT2D eigenvalue weighted by molar-refractivity contribution is -0.156. The quantitative estimate of drug-likeness (QED) is 0.695. The molecular formula is C9H13FN4O3. The SMILES string of the molecule is CCn1ncc(CNC(=O)C(C)(F)C(=O)O)n1. The van der Waals surface area contributed by atoms with Crippen molar-refractivity contribution in [2.75, 3.05) is 0 Å². The molecule has 1 atom stereocenters. The van der Waals surface area contributed by atoms with E-state index in [2.05, 4.69) is 15.5 Å². The third-order valence-electron chi connectivity index (χ3n) is 2.12. The summed E-state index contributed by atoms with van der Waals surface area (Å²) in [5, 5.41) is 18.4. The Kier molecular flexibility index (Phi) is 3.77. The number of carboxylic acid groups (broad SMARTS) is 1. The molecule has 0 bridgehead atoms. The molecule has 1 aromatic heterocycles. The molecule has 0 saturated carbocycles. The summed E-state index contributed by atoms with van der Waals surface area (Å²) in [5.41, 5.74) is -2.51. The van der Waals surface area contributed by atoms with Crippen LogP contribution in [0.4, 0.5) is 4.39 Å². The molecule has 0 aliphatic carbocycles. The molecule has 0 fully saturated rings. The first-order valence-electron chi connectivity index (χ1n) is 4.97. The van der Waals surface area contributed by atoms with Gasteiger partial charge in [0, 0.05) is 0 Å². The van der Waals surface area contributed by atoms with E-state index >= 15 is 0 Å². The van der Waals surface area contributed by atoms with Crippen LogP contribution in [0.3, 0.4) is 0 Å². The summed E-state index contributed by atoms with van der Waals surface area (Å²) < 4.78 is 13.3. The number of carbonyl (C=O) groups excluding carboxylic acids is 1. The van der Waals surface area contributed by atoms with Crippen LogP contribution in [0.15, 0.2) is 6.20 Å². The molecular weight excluding hydrogens is 231 g/mol. The summed E-state index contributed by atoms with van der Waals surface area (Å²) in [7, 11) is 0. The van der Waals surface area contributed by atoms with Crippen molar-refractivity contribution in [1.82, 2.24) is 20.3 Å². The third-order valence-corrected chi connectivity index (χ3v) is 2.12. The largest absolute Gasteiger partial charge is 0.478 e. The highest BCUT2D eigenvalue weighted by molar-refractivity contribution is 6.04. The number of aliphatic carboxylic acids is 1. The van der Waals surface area contributed by atoms with Gasteiger partial charge < -0.3 is 10.4 Å². The van der Waals surface area contributed by atoms with E-state index < -0.39 is 17.5 Å². The van der Waals surface area contributed by atoms with E-state index in [1.165, 1.54) is 11.0 Å². The highest BCUT2D eigenvalue weighted by Crippen LogP contribution is 2.10. The van der Waals surface area contributed by atoms with Gasteiger partial charge in [-0.05, 0) is 13.8 Å². The number of aromatic nitrogens is 3. The molecule has 1 amide bonds. The molecule has 0 saturated heterocycles. The summed E-state index contributed by atoms with van der Waals surface area (Å²) in [6, 6.07) is 0. The normalized spacial score (nSPS) is 14.1. The zero-order valence-electron chi connectivity index (χ0n) is 9.47. The molecule has 1 unspecified atom stereocenters. The second-order valence-corrected chi connectivity index (χ2v) is 3.52. The van der Waals surface area contributed by atoms with Crippen molar-refractivity contribution >= 4 is 11.9 Å². The zero-order chi connectivity index (χ0) is 13.1. The number of alkyl halides is 1. The Morgan fingerprint density at radius 3 is 2.76 bits per heavy atom. The molecule has 0 radical (unpaired) electrons. The van der Waals surface area contributed by atoms with Gasteiger partial charge in [-0.25, -0.2) is 9.18 Å². The van der Waals surface area contributed by atoms with Gasteiger partial charge in [0.05, 0.1) is 19.3 Å². The van der Waals surface area contributed by atoms with Crippen LogP contribution >= 0.6 is 0 Å². The number of hydrogen-bond acceptors (Lipinski definition) is 4. The Hall–Kier alpha value is -1.99. The minimum Gasteiger partial charge on any atom is -0.478 e. The minimum atomic E-state index is -2.94. The Morgan fingerprint density at radius 1 is 1.65 bits per heavy atom. The first-order chi connectivity index (χ1) is 7.87. The second-order valence-electron chi connectivity index (χ2n) is 3.52. The van der Waals surface area contributed by atoms with Gasteiger partial charge in [-0.2, -0.15) is 15.0 Å². The van der Waals surface area contributed by atoms with Crippen LogP contribution < -0.4 is 5.32 Å².